The van der Waals surface area contributed by atoms with E-state index in [4.69, 9.17) is 0 Å². The minimum Gasteiger partial charge on any atom is -0.317 e. The lowest BCUT2D eigenvalue weighted by atomic mass is 9.92. The van der Waals surface area contributed by atoms with Crippen molar-refractivity contribution in [2.24, 2.45) is 0 Å². The summed E-state index contributed by atoms with van der Waals surface area (Å²) in [6.07, 6.45) is 2.43. The van der Waals surface area contributed by atoms with Gasteiger partial charge < -0.3 is 10.6 Å². The van der Waals surface area contributed by atoms with E-state index in [1.165, 1.54) is 24.0 Å². The molecule has 1 aliphatic rings. The topological polar surface area (TPSA) is 24.1 Å². The molecule has 0 aromatic heterocycles. The van der Waals surface area contributed by atoms with Crippen molar-refractivity contribution < 1.29 is 0 Å². The molecule has 2 N–H and O–H groups in total. The number of hydrogen-bond donors (Lipinski definition) is 2. The Balaban J connectivity index is 2.06. The third-order valence-electron chi connectivity index (χ3n) is 3.82. The first-order valence-electron chi connectivity index (χ1n) is 6.71. The summed E-state index contributed by atoms with van der Waals surface area (Å²) in [5, 5.41) is 7.00. The van der Waals surface area contributed by atoms with Crippen LogP contribution in [0.3, 0.4) is 0 Å². The Hall–Kier alpha value is -0.860. The molecule has 1 aromatic carbocycles. The first-order valence-corrected chi connectivity index (χ1v) is 6.71. The molecule has 2 atom stereocenters. The summed E-state index contributed by atoms with van der Waals surface area (Å²) in [7, 11) is 2.06. The van der Waals surface area contributed by atoms with E-state index in [1.807, 2.05) is 0 Å². The molecule has 2 unspecified atom stereocenters. The van der Waals surface area contributed by atoms with E-state index in [-0.39, 0.29) is 0 Å². The van der Waals surface area contributed by atoms with E-state index < -0.39 is 0 Å². The third kappa shape index (κ3) is 3.08. The van der Waals surface area contributed by atoms with Crippen LogP contribution in [0.1, 0.15) is 49.8 Å². The predicted octanol–water partition coefficient (Wildman–Crippen LogP) is 2.82. The molecule has 1 fully saturated rings. The fraction of sp³-hybridized carbons (Fsp3) is 0.600. The molecule has 0 spiro atoms. The highest BCUT2D eigenvalue weighted by atomic mass is 15.0. The highest BCUT2D eigenvalue weighted by molar-refractivity contribution is 5.27. The average molecular weight is 232 g/mol. The molecule has 2 rings (SSSR count). The van der Waals surface area contributed by atoms with Crippen LogP contribution in [0.4, 0.5) is 0 Å². The van der Waals surface area contributed by atoms with Gasteiger partial charge in [0, 0.05) is 12.1 Å². The summed E-state index contributed by atoms with van der Waals surface area (Å²) in [5.41, 5.74) is 2.85. The van der Waals surface area contributed by atoms with Crippen molar-refractivity contribution in [1.29, 1.82) is 0 Å². The SMILES string of the molecule is CNC1CCNC(c2ccc(C(C)C)cc2)C1. The summed E-state index contributed by atoms with van der Waals surface area (Å²) in [6, 6.07) is 10.3. The summed E-state index contributed by atoms with van der Waals surface area (Å²) in [4.78, 5) is 0. The molecular formula is C15H24N2. The van der Waals surface area contributed by atoms with Gasteiger partial charge in [0.2, 0.25) is 0 Å². The van der Waals surface area contributed by atoms with Crippen LogP contribution in [0, 0.1) is 0 Å². The lowest BCUT2D eigenvalue weighted by Crippen LogP contribution is -2.40. The minimum atomic E-state index is 0.516. The third-order valence-corrected chi connectivity index (χ3v) is 3.82. The fourth-order valence-electron chi connectivity index (χ4n) is 2.55. The first kappa shape index (κ1) is 12.6. The van der Waals surface area contributed by atoms with E-state index >= 15 is 0 Å². The van der Waals surface area contributed by atoms with E-state index in [0.29, 0.717) is 18.0 Å². The molecule has 1 saturated heterocycles. The molecule has 0 radical (unpaired) electrons. The van der Waals surface area contributed by atoms with Crippen molar-refractivity contribution in [3.63, 3.8) is 0 Å². The molecule has 1 aliphatic heterocycles. The first-order chi connectivity index (χ1) is 8.20. The molecule has 0 saturated carbocycles. The molecular weight excluding hydrogens is 208 g/mol. The molecule has 1 aromatic rings. The predicted molar refractivity (Wildman–Crippen MR) is 73.4 cm³/mol. The van der Waals surface area contributed by atoms with Crippen LogP contribution in [-0.4, -0.2) is 19.6 Å². The summed E-state index contributed by atoms with van der Waals surface area (Å²) in [5.74, 6) is 0.619. The van der Waals surface area contributed by atoms with Gasteiger partial charge >= 0.3 is 0 Å². The Morgan fingerprint density at radius 1 is 1.24 bits per heavy atom. The normalized spacial score (nSPS) is 25.2. The average Bonchev–Trinajstić information content (AvgIpc) is 2.39. The molecule has 2 nitrogen and oxygen atoms in total. The molecule has 0 bridgehead atoms. The second-order valence-electron chi connectivity index (χ2n) is 5.34. The molecule has 94 valence electrons. The van der Waals surface area contributed by atoms with E-state index in [9.17, 15) is 0 Å². The van der Waals surface area contributed by atoms with Gasteiger partial charge in [-0.25, -0.2) is 0 Å². The van der Waals surface area contributed by atoms with Gasteiger partial charge in [0.15, 0.2) is 0 Å². The maximum absolute atomic E-state index is 3.61. The lowest BCUT2D eigenvalue weighted by Gasteiger charge is -2.30. The fourth-order valence-corrected chi connectivity index (χ4v) is 2.55. The maximum atomic E-state index is 3.61. The molecule has 2 heteroatoms. The van der Waals surface area contributed by atoms with Gasteiger partial charge in [-0.3, -0.25) is 0 Å². The standard InChI is InChI=1S/C15H24N2/c1-11(2)12-4-6-13(7-5-12)15-10-14(16-3)8-9-17-15/h4-7,11,14-17H,8-10H2,1-3H3. The van der Waals surface area contributed by atoms with Crippen molar-refractivity contribution in [3.05, 3.63) is 35.4 Å². The van der Waals surface area contributed by atoms with Crippen LogP contribution in [0.2, 0.25) is 0 Å². The van der Waals surface area contributed by atoms with Gasteiger partial charge in [0.25, 0.3) is 0 Å². The quantitative estimate of drug-likeness (QED) is 0.837. The van der Waals surface area contributed by atoms with Crippen molar-refractivity contribution >= 4 is 0 Å². The minimum absolute atomic E-state index is 0.516. The zero-order valence-corrected chi connectivity index (χ0v) is 11.2. The van der Waals surface area contributed by atoms with Crippen molar-refractivity contribution in [2.75, 3.05) is 13.6 Å². The van der Waals surface area contributed by atoms with Crippen LogP contribution in [0.15, 0.2) is 24.3 Å². The number of piperidine rings is 1. The van der Waals surface area contributed by atoms with Gasteiger partial charge in [0.1, 0.15) is 0 Å². The van der Waals surface area contributed by atoms with Gasteiger partial charge in [-0.2, -0.15) is 0 Å². The van der Waals surface area contributed by atoms with Gasteiger partial charge in [-0.05, 0) is 43.5 Å². The lowest BCUT2D eigenvalue weighted by molar-refractivity contribution is 0.337. The van der Waals surface area contributed by atoms with Gasteiger partial charge in [-0.1, -0.05) is 38.1 Å². The number of benzene rings is 1. The zero-order chi connectivity index (χ0) is 12.3. The number of rotatable bonds is 3. The Bertz CT molecular complexity index is 342. The number of nitrogens with one attached hydrogen (secondary N) is 2. The van der Waals surface area contributed by atoms with Crippen LogP contribution >= 0.6 is 0 Å². The van der Waals surface area contributed by atoms with Gasteiger partial charge in [0.05, 0.1) is 0 Å². The molecule has 0 amide bonds. The Morgan fingerprint density at radius 2 is 1.94 bits per heavy atom. The van der Waals surface area contributed by atoms with Crippen molar-refractivity contribution in [1.82, 2.24) is 10.6 Å². The summed E-state index contributed by atoms with van der Waals surface area (Å²) in [6.45, 7) is 5.60. The van der Waals surface area contributed by atoms with Crippen molar-refractivity contribution in [2.45, 2.75) is 44.7 Å². The second kappa shape index (κ2) is 5.65. The Kier molecular flexibility index (Phi) is 4.19. The monoisotopic (exact) mass is 232 g/mol. The smallest absolute Gasteiger partial charge is 0.0335 e. The molecule has 0 aliphatic carbocycles. The maximum Gasteiger partial charge on any atom is 0.0335 e. The van der Waals surface area contributed by atoms with Crippen LogP contribution in [-0.2, 0) is 0 Å². The zero-order valence-electron chi connectivity index (χ0n) is 11.2. The summed E-state index contributed by atoms with van der Waals surface area (Å²) < 4.78 is 0. The molecule has 1 heterocycles. The van der Waals surface area contributed by atoms with Gasteiger partial charge in [-0.15, -0.1) is 0 Å². The summed E-state index contributed by atoms with van der Waals surface area (Å²) >= 11 is 0. The molecule has 17 heavy (non-hydrogen) atoms. The van der Waals surface area contributed by atoms with Crippen LogP contribution in [0.5, 0.6) is 0 Å². The Morgan fingerprint density at radius 3 is 2.53 bits per heavy atom. The largest absolute Gasteiger partial charge is 0.317 e. The van der Waals surface area contributed by atoms with Crippen LogP contribution in [0.25, 0.3) is 0 Å². The highest BCUT2D eigenvalue weighted by Crippen LogP contribution is 2.24. The second-order valence-corrected chi connectivity index (χ2v) is 5.34. The van der Waals surface area contributed by atoms with E-state index in [2.05, 4.69) is 55.8 Å². The van der Waals surface area contributed by atoms with Crippen molar-refractivity contribution in [3.8, 4) is 0 Å². The number of hydrogen-bond acceptors (Lipinski definition) is 2. The van der Waals surface area contributed by atoms with Crippen LogP contribution < -0.4 is 10.6 Å². The Labute approximate surface area is 105 Å². The highest BCUT2D eigenvalue weighted by Gasteiger charge is 2.21. The van der Waals surface area contributed by atoms with E-state index in [0.717, 1.165) is 6.54 Å². The van der Waals surface area contributed by atoms with E-state index in [1.54, 1.807) is 0 Å².